The summed E-state index contributed by atoms with van der Waals surface area (Å²) in [5.74, 6) is 1.61. The van der Waals surface area contributed by atoms with Gasteiger partial charge >= 0.3 is 0 Å². The van der Waals surface area contributed by atoms with Gasteiger partial charge in [-0.05, 0) is 54.1 Å². The molecule has 4 aromatic rings. The van der Waals surface area contributed by atoms with Crippen LogP contribution in [0.3, 0.4) is 0 Å². The van der Waals surface area contributed by atoms with Crippen LogP contribution in [-0.4, -0.2) is 16.6 Å². The summed E-state index contributed by atoms with van der Waals surface area (Å²) in [4.78, 5) is 8.46. The topological polar surface area (TPSA) is 44.2 Å². The molecule has 0 N–H and O–H groups in total. The van der Waals surface area contributed by atoms with Crippen LogP contribution in [0.5, 0.6) is 17.4 Å². The van der Waals surface area contributed by atoms with Crippen molar-refractivity contribution >= 4 is 10.9 Å². The van der Waals surface area contributed by atoms with Crippen LogP contribution in [-0.2, 0) is 6.42 Å². The van der Waals surface area contributed by atoms with Crippen LogP contribution in [0.2, 0.25) is 0 Å². The number of nitrogens with zero attached hydrogens (tertiary/aromatic N) is 2. The lowest BCUT2D eigenvalue weighted by Gasteiger charge is -2.09. The van der Waals surface area contributed by atoms with E-state index in [1.165, 1.54) is 18.5 Å². The van der Waals surface area contributed by atoms with Crippen molar-refractivity contribution < 1.29 is 13.9 Å². The van der Waals surface area contributed by atoms with Crippen molar-refractivity contribution in [3.05, 3.63) is 90.5 Å². The lowest BCUT2D eigenvalue weighted by molar-refractivity contribution is 0.313. The second-order valence-corrected chi connectivity index (χ2v) is 5.99. The molecular weight excluding hydrogens is 343 g/mol. The highest BCUT2D eigenvalue weighted by atomic mass is 19.1. The highest BCUT2D eigenvalue weighted by Crippen LogP contribution is 2.23. The average molecular weight is 360 g/mol. The molecule has 1 heterocycles. The van der Waals surface area contributed by atoms with Crippen molar-refractivity contribution in [1.82, 2.24) is 9.97 Å². The van der Waals surface area contributed by atoms with Crippen LogP contribution >= 0.6 is 0 Å². The Morgan fingerprint density at radius 1 is 0.778 bits per heavy atom. The van der Waals surface area contributed by atoms with Gasteiger partial charge in [0.25, 0.3) is 0 Å². The SMILES string of the molecule is Fc1ccc(Oc2ccc(CCOc3ncnc4ccccc34)cc2)cc1. The number of para-hydroxylation sites is 1. The van der Waals surface area contributed by atoms with Gasteiger partial charge in [-0.1, -0.05) is 24.3 Å². The van der Waals surface area contributed by atoms with Gasteiger partial charge in [-0.3, -0.25) is 0 Å². The zero-order valence-electron chi connectivity index (χ0n) is 14.5. The summed E-state index contributed by atoms with van der Waals surface area (Å²) >= 11 is 0. The quantitative estimate of drug-likeness (QED) is 0.475. The zero-order chi connectivity index (χ0) is 18.5. The van der Waals surface area contributed by atoms with E-state index < -0.39 is 0 Å². The third-order valence-corrected chi connectivity index (χ3v) is 4.11. The maximum Gasteiger partial charge on any atom is 0.224 e. The second-order valence-electron chi connectivity index (χ2n) is 5.99. The van der Waals surface area contributed by atoms with E-state index in [-0.39, 0.29) is 5.82 Å². The van der Waals surface area contributed by atoms with Crippen molar-refractivity contribution in [3.63, 3.8) is 0 Å². The lowest BCUT2D eigenvalue weighted by Crippen LogP contribution is -2.03. The summed E-state index contributed by atoms with van der Waals surface area (Å²) in [6.45, 7) is 0.513. The first-order valence-electron chi connectivity index (χ1n) is 8.63. The third-order valence-electron chi connectivity index (χ3n) is 4.11. The van der Waals surface area contributed by atoms with E-state index in [0.717, 1.165) is 22.9 Å². The largest absolute Gasteiger partial charge is 0.477 e. The highest BCUT2D eigenvalue weighted by molar-refractivity contribution is 5.82. The number of aromatic nitrogens is 2. The molecule has 4 rings (SSSR count). The molecule has 5 heteroatoms. The lowest BCUT2D eigenvalue weighted by atomic mass is 10.1. The summed E-state index contributed by atoms with van der Waals surface area (Å²) < 4.78 is 24.5. The summed E-state index contributed by atoms with van der Waals surface area (Å²) in [7, 11) is 0. The Morgan fingerprint density at radius 2 is 1.48 bits per heavy atom. The number of rotatable bonds is 6. The van der Waals surface area contributed by atoms with Crippen LogP contribution in [0.15, 0.2) is 79.1 Å². The molecule has 0 fully saturated rings. The third kappa shape index (κ3) is 4.20. The molecule has 0 aliphatic heterocycles. The van der Waals surface area contributed by atoms with Crippen LogP contribution in [0.4, 0.5) is 4.39 Å². The van der Waals surface area contributed by atoms with E-state index in [2.05, 4.69) is 9.97 Å². The standard InChI is InChI=1S/C22H17FN2O2/c23-17-7-11-19(12-8-17)27-18-9-5-16(6-10-18)13-14-26-22-20-3-1-2-4-21(20)24-15-25-22/h1-12,15H,13-14H2. The minimum Gasteiger partial charge on any atom is -0.477 e. The Hall–Kier alpha value is -3.47. The predicted octanol–water partition coefficient (Wildman–Crippen LogP) is 5.18. The molecular formula is C22H17FN2O2. The van der Waals surface area contributed by atoms with Gasteiger partial charge in [0.2, 0.25) is 5.88 Å². The molecule has 3 aromatic carbocycles. The van der Waals surface area contributed by atoms with Gasteiger partial charge in [0.15, 0.2) is 0 Å². The smallest absolute Gasteiger partial charge is 0.224 e. The number of hydrogen-bond acceptors (Lipinski definition) is 4. The van der Waals surface area contributed by atoms with E-state index >= 15 is 0 Å². The number of benzene rings is 3. The van der Waals surface area contributed by atoms with Gasteiger partial charge in [0.1, 0.15) is 23.6 Å². The van der Waals surface area contributed by atoms with Crippen molar-refractivity contribution in [1.29, 1.82) is 0 Å². The number of ether oxygens (including phenoxy) is 2. The van der Waals surface area contributed by atoms with E-state index in [9.17, 15) is 4.39 Å². The number of fused-ring (bicyclic) bond motifs is 1. The fourth-order valence-corrected chi connectivity index (χ4v) is 2.72. The molecule has 0 aliphatic carbocycles. The van der Waals surface area contributed by atoms with Gasteiger partial charge in [-0.15, -0.1) is 0 Å². The van der Waals surface area contributed by atoms with Crippen molar-refractivity contribution in [3.8, 4) is 17.4 Å². The van der Waals surface area contributed by atoms with E-state index in [4.69, 9.17) is 9.47 Å². The summed E-state index contributed by atoms with van der Waals surface area (Å²) in [6, 6.07) is 21.5. The molecule has 134 valence electrons. The van der Waals surface area contributed by atoms with Crippen LogP contribution in [0.1, 0.15) is 5.56 Å². The monoisotopic (exact) mass is 360 g/mol. The Morgan fingerprint density at radius 3 is 2.26 bits per heavy atom. The Balaban J connectivity index is 1.35. The number of hydrogen-bond donors (Lipinski definition) is 0. The van der Waals surface area contributed by atoms with Gasteiger partial charge in [0, 0.05) is 6.42 Å². The van der Waals surface area contributed by atoms with Gasteiger partial charge in [-0.25, -0.2) is 14.4 Å². The second kappa shape index (κ2) is 7.83. The first-order valence-corrected chi connectivity index (χ1v) is 8.63. The molecule has 1 aromatic heterocycles. The van der Waals surface area contributed by atoms with Gasteiger partial charge < -0.3 is 9.47 Å². The van der Waals surface area contributed by atoms with Crippen LogP contribution in [0, 0.1) is 5.82 Å². The fourth-order valence-electron chi connectivity index (χ4n) is 2.72. The molecule has 0 aliphatic rings. The molecule has 0 amide bonds. The summed E-state index contributed by atoms with van der Waals surface area (Å²) in [6.07, 6.45) is 2.26. The minimum absolute atomic E-state index is 0.283. The minimum atomic E-state index is -0.283. The normalized spacial score (nSPS) is 10.7. The molecule has 0 atom stereocenters. The van der Waals surface area contributed by atoms with Gasteiger partial charge in [0.05, 0.1) is 17.5 Å². The maximum atomic E-state index is 12.9. The van der Waals surface area contributed by atoms with Crippen molar-refractivity contribution in [2.75, 3.05) is 6.61 Å². The first kappa shape index (κ1) is 17.0. The molecule has 0 spiro atoms. The first-order chi connectivity index (χ1) is 13.3. The van der Waals surface area contributed by atoms with E-state index in [0.29, 0.717) is 24.0 Å². The van der Waals surface area contributed by atoms with E-state index in [1.54, 1.807) is 12.1 Å². The van der Waals surface area contributed by atoms with Crippen LogP contribution in [0.25, 0.3) is 10.9 Å². The Labute approximate surface area is 156 Å². The summed E-state index contributed by atoms with van der Waals surface area (Å²) in [5.41, 5.74) is 1.99. The predicted molar refractivity (Wildman–Crippen MR) is 102 cm³/mol. The average Bonchev–Trinajstić information content (AvgIpc) is 2.71. The van der Waals surface area contributed by atoms with Gasteiger partial charge in [-0.2, -0.15) is 0 Å². The molecule has 0 unspecified atom stereocenters. The van der Waals surface area contributed by atoms with E-state index in [1.807, 2.05) is 48.5 Å². The van der Waals surface area contributed by atoms with Crippen LogP contribution < -0.4 is 9.47 Å². The fraction of sp³-hybridized carbons (Fsp3) is 0.0909. The molecule has 0 saturated carbocycles. The Kier molecular flexibility index (Phi) is 4.92. The van der Waals surface area contributed by atoms with Crippen molar-refractivity contribution in [2.45, 2.75) is 6.42 Å². The maximum absolute atomic E-state index is 12.9. The van der Waals surface area contributed by atoms with Crippen molar-refractivity contribution in [2.24, 2.45) is 0 Å². The summed E-state index contributed by atoms with van der Waals surface area (Å²) in [5, 5.41) is 0.906. The molecule has 0 radical (unpaired) electrons. The highest BCUT2D eigenvalue weighted by Gasteiger charge is 2.04. The number of halogens is 1. The molecule has 4 nitrogen and oxygen atoms in total. The molecule has 0 saturated heterocycles. The zero-order valence-corrected chi connectivity index (χ0v) is 14.5. The molecule has 0 bridgehead atoms. The molecule has 27 heavy (non-hydrogen) atoms. The Bertz CT molecular complexity index is 1030.